The number of carbonyl (C=O) groups is 1. The summed E-state index contributed by atoms with van der Waals surface area (Å²) in [6.45, 7) is 7.09. The van der Waals surface area contributed by atoms with E-state index in [2.05, 4.69) is 60.6 Å². The molecule has 1 aromatic carbocycles. The predicted octanol–water partition coefficient (Wildman–Crippen LogP) is 2.91. The summed E-state index contributed by atoms with van der Waals surface area (Å²) < 4.78 is 1.63. The van der Waals surface area contributed by atoms with Gasteiger partial charge in [-0.25, -0.2) is 4.68 Å². The molecule has 2 fully saturated rings. The molecule has 3 heterocycles. The van der Waals surface area contributed by atoms with Crippen molar-refractivity contribution in [1.82, 2.24) is 25.1 Å². The Morgan fingerprint density at radius 2 is 1.86 bits per heavy atom. The number of fused-ring (bicyclic) bond motifs is 1. The molecule has 1 amide bonds. The van der Waals surface area contributed by atoms with E-state index in [9.17, 15) is 4.79 Å². The molecule has 156 valence electrons. The highest BCUT2D eigenvalue weighted by molar-refractivity contribution is 8.01. The number of amides is 1. The molecular formula is C21H30N6OS. The molecule has 0 spiro atoms. The molecule has 29 heavy (non-hydrogen) atoms. The van der Waals surface area contributed by atoms with Gasteiger partial charge in [0.25, 0.3) is 0 Å². The van der Waals surface area contributed by atoms with Gasteiger partial charge >= 0.3 is 0 Å². The van der Waals surface area contributed by atoms with Crippen LogP contribution in [0.2, 0.25) is 0 Å². The lowest BCUT2D eigenvalue weighted by molar-refractivity contribution is -0.147. The Hall–Kier alpha value is -1.93. The van der Waals surface area contributed by atoms with Crippen LogP contribution in [0.3, 0.4) is 0 Å². The van der Waals surface area contributed by atoms with Crippen LogP contribution in [-0.2, 0) is 17.8 Å². The standard InChI is InChI=1S/C21H30N6OS/c1-4-5-6-7-8-14-9-11-15(12-10-14)13-26-18(23-24-25-26)17-21(2,3)29-20-16(22)19(28)27(17)20/h9-12,16-17,20H,4-8,13,22H2,1-3H3. The van der Waals surface area contributed by atoms with Gasteiger partial charge in [0.2, 0.25) is 5.91 Å². The number of rotatable bonds is 8. The summed E-state index contributed by atoms with van der Waals surface area (Å²) >= 11 is 1.73. The van der Waals surface area contributed by atoms with Crippen molar-refractivity contribution >= 4 is 17.7 Å². The lowest BCUT2D eigenvalue weighted by atomic mass is 9.95. The number of carbonyl (C=O) groups excluding carboxylic acids is 1. The van der Waals surface area contributed by atoms with E-state index in [0.717, 1.165) is 17.8 Å². The molecule has 7 nitrogen and oxygen atoms in total. The average molecular weight is 415 g/mol. The quantitative estimate of drug-likeness (QED) is 0.528. The van der Waals surface area contributed by atoms with E-state index in [1.54, 1.807) is 11.8 Å². The molecule has 8 heteroatoms. The van der Waals surface area contributed by atoms with Crippen LogP contribution in [0.1, 0.15) is 69.4 Å². The van der Waals surface area contributed by atoms with Crippen LogP contribution in [0.4, 0.5) is 0 Å². The smallest absolute Gasteiger partial charge is 0.244 e. The van der Waals surface area contributed by atoms with Gasteiger partial charge in [0, 0.05) is 4.75 Å². The van der Waals surface area contributed by atoms with Gasteiger partial charge < -0.3 is 10.6 Å². The first-order chi connectivity index (χ1) is 13.9. The second-order valence-electron chi connectivity index (χ2n) is 8.61. The normalized spacial score (nSPS) is 25.2. The molecule has 2 aromatic rings. The fourth-order valence-corrected chi connectivity index (χ4v) is 5.89. The molecule has 0 bridgehead atoms. The Morgan fingerprint density at radius 3 is 2.59 bits per heavy atom. The Labute approximate surface area is 176 Å². The first kappa shape index (κ1) is 20.3. The van der Waals surface area contributed by atoms with Crippen molar-refractivity contribution in [2.45, 2.75) is 81.6 Å². The zero-order valence-electron chi connectivity index (χ0n) is 17.4. The van der Waals surface area contributed by atoms with Crippen molar-refractivity contribution in [2.75, 3.05) is 0 Å². The Balaban J connectivity index is 1.47. The van der Waals surface area contributed by atoms with Gasteiger partial charge in [0.1, 0.15) is 17.5 Å². The molecule has 3 atom stereocenters. The van der Waals surface area contributed by atoms with Gasteiger partial charge in [-0.3, -0.25) is 4.79 Å². The lowest BCUT2D eigenvalue weighted by Gasteiger charge is -2.42. The molecule has 1 aromatic heterocycles. The SMILES string of the molecule is CCCCCCc1ccc(Cn2nnnc2C2N3C(=O)C(N)C3SC2(C)C)cc1. The molecule has 2 N–H and O–H groups in total. The zero-order chi connectivity index (χ0) is 20.6. The molecule has 2 aliphatic rings. The van der Waals surface area contributed by atoms with E-state index in [1.807, 2.05) is 9.58 Å². The lowest BCUT2D eigenvalue weighted by Crippen LogP contribution is -2.65. The van der Waals surface area contributed by atoms with E-state index >= 15 is 0 Å². The van der Waals surface area contributed by atoms with Crippen LogP contribution in [-0.4, -0.2) is 47.2 Å². The topological polar surface area (TPSA) is 89.9 Å². The van der Waals surface area contributed by atoms with E-state index in [4.69, 9.17) is 5.73 Å². The number of benzene rings is 1. The fourth-order valence-electron chi connectivity index (χ4n) is 4.32. The minimum atomic E-state index is -0.418. The van der Waals surface area contributed by atoms with Crippen LogP contribution in [0, 0.1) is 0 Å². The summed E-state index contributed by atoms with van der Waals surface area (Å²) in [6.07, 6.45) is 6.23. The second kappa shape index (κ2) is 8.07. The maximum atomic E-state index is 12.4. The minimum Gasteiger partial charge on any atom is -0.317 e. The Bertz CT molecular complexity index is 864. The number of hydrogen-bond donors (Lipinski definition) is 1. The third-order valence-corrected chi connectivity index (χ3v) is 7.55. The van der Waals surface area contributed by atoms with Crippen LogP contribution < -0.4 is 5.73 Å². The van der Waals surface area contributed by atoms with Gasteiger partial charge in [0.05, 0.1) is 6.54 Å². The van der Waals surface area contributed by atoms with Crippen molar-refractivity contribution in [1.29, 1.82) is 0 Å². The number of nitrogens with two attached hydrogens (primary N) is 1. The molecule has 0 radical (unpaired) electrons. The second-order valence-corrected chi connectivity index (χ2v) is 10.4. The molecule has 0 saturated carbocycles. The number of aryl methyl sites for hydroxylation is 1. The summed E-state index contributed by atoms with van der Waals surface area (Å²) in [5, 5.41) is 12.4. The highest BCUT2D eigenvalue weighted by Gasteiger charge is 2.62. The van der Waals surface area contributed by atoms with Gasteiger partial charge in [-0.1, -0.05) is 50.5 Å². The summed E-state index contributed by atoms with van der Waals surface area (Å²) in [4.78, 5) is 14.2. The van der Waals surface area contributed by atoms with Crippen LogP contribution in [0.25, 0.3) is 0 Å². The van der Waals surface area contributed by atoms with Gasteiger partial charge in [-0.15, -0.1) is 16.9 Å². The largest absolute Gasteiger partial charge is 0.317 e. The van der Waals surface area contributed by atoms with Gasteiger partial charge in [-0.05, 0) is 48.2 Å². The van der Waals surface area contributed by atoms with E-state index in [0.29, 0.717) is 6.54 Å². The monoisotopic (exact) mass is 414 g/mol. The predicted molar refractivity (Wildman–Crippen MR) is 114 cm³/mol. The van der Waals surface area contributed by atoms with Crippen molar-refractivity contribution < 1.29 is 4.79 Å². The Kier molecular flexibility index (Phi) is 5.66. The van der Waals surface area contributed by atoms with Gasteiger partial charge in [-0.2, -0.15) is 0 Å². The third-order valence-electron chi connectivity index (χ3n) is 5.96. The van der Waals surface area contributed by atoms with Crippen molar-refractivity contribution in [3.8, 4) is 0 Å². The zero-order valence-corrected chi connectivity index (χ0v) is 18.2. The van der Waals surface area contributed by atoms with E-state index in [-0.39, 0.29) is 22.1 Å². The average Bonchev–Trinajstić information content (AvgIpc) is 3.25. The van der Waals surface area contributed by atoms with Crippen molar-refractivity contribution in [2.24, 2.45) is 5.73 Å². The number of aromatic nitrogens is 4. The molecule has 3 unspecified atom stereocenters. The number of thioether (sulfide) groups is 1. The third kappa shape index (κ3) is 3.80. The van der Waals surface area contributed by atoms with Crippen molar-refractivity contribution in [3.05, 3.63) is 41.2 Å². The van der Waals surface area contributed by atoms with Crippen LogP contribution in [0.15, 0.2) is 24.3 Å². The Morgan fingerprint density at radius 1 is 1.14 bits per heavy atom. The van der Waals surface area contributed by atoms with Crippen LogP contribution in [0.5, 0.6) is 0 Å². The summed E-state index contributed by atoms with van der Waals surface area (Å²) in [6, 6.07) is 8.13. The number of hydrogen-bond acceptors (Lipinski definition) is 6. The van der Waals surface area contributed by atoms with Gasteiger partial charge in [0.15, 0.2) is 5.82 Å². The highest BCUT2D eigenvalue weighted by atomic mass is 32.2. The van der Waals surface area contributed by atoms with E-state index < -0.39 is 6.04 Å². The molecule has 2 saturated heterocycles. The van der Waals surface area contributed by atoms with Crippen molar-refractivity contribution in [3.63, 3.8) is 0 Å². The van der Waals surface area contributed by atoms with E-state index in [1.165, 1.54) is 31.2 Å². The highest BCUT2D eigenvalue weighted by Crippen LogP contribution is 2.56. The summed E-state index contributed by atoms with van der Waals surface area (Å²) in [5.41, 5.74) is 8.53. The molecule has 0 aliphatic carbocycles. The number of tetrazole rings is 1. The molecular weight excluding hydrogens is 384 g/mol. The number of β-lactam (4-membered cyclic amide) rings is 1. The summed E-state index contributed by atoms with van der Waals surface area (Å²) in [5.74, 6) is 0.717. The molecule has 2 aliphatic heterocycles. The minimum absolute atomic E-state index is 0.0136. The number of unbranched alkanes of at least 4 members (excludes halogenated alkanes) is 3. The maximum absolute atomic E-state index is 12.4. The maximum Gasteiger partial charge on any atom is 0.244 e. The first-order valence-corrected chi connectivity index (χ1v) is 11.4. The number of nitrogens with zero attached hydrogens (tertiary/aromatic N) is 5. The first-order valence-electron chi connectivity index (χ1n) is 10.5. The molecule has 4 rings (SSSR count). The van der Waals surface area contributed by atoms with Crippen LogP contribution >= 0.6 is 11.8 Å². The fraction of sp³-hybridized carbons (Fsp3) is 0.619. The summed E-state index contributed by atoms with van der Waals surface area (Å²) in [7, 11) is 0.